The van der Waals surface area contributed by atoms with E-state index in [1.54, 1.807) is 13.0 Å². The topological polar surface area (TPSA) is 17.1 Å². The molecule has 0 spiro atoms. The van der Waals surface area contributed by atoms with Crippen molar-refractivity contribution in [1.82, 2.24) is 0 Å². The second-order valence-electron chi connectivity index (χ2n) is 2.46. The smallest absolute Gasteiger partial charge is 0.152 e. The summed E-state index contributed by atoms with van der Waals surface area (Å²) in [7, 11) is 0. The Morgan fingerprint density at radius 2 is 2.00 bits per heavy atom. The molecular formula is C11H20O. The lowest BCUT2D eigenvalue weighted by atomic mass is 10.1. The van der Waals surface area contributed by atoms with Crippen molar-refractivity contribution < 1.29 is 4.79 Å². The Morgan fingerprint density at radius 3 is 2.33 bits per heavy atom. The van der Waals surface area contributed by atoms with Gasteiger partial charge in [0.05, 0.1) is 0 Å². The van der Waals surface area contributed by atoms with Crippen LogP contribution in [0, 0.1) is 5.92 Å². The van der Waals surface area contributed by atoms with Gasteiger partial charge in [-0.05, 0) is 25.3 Å². The first-order chi connectivity index (χ1) is 5.66. The van der Waals surface area contributed by atoms with Gasteiger partial charge in [0.15, 0.2) is 5.78 Å². The minimum absolute atomic E-state index is 0.108. The fourth-order valence-electron chi connectivity index (χ4n) is 0.545. The zero-order valence-corrected chi connectivity index (χ0v) is 8.63. The van der Waals surface area contributed by atoms with Crippen LogP contribution in [-0.4, -0.2) is 5.78 Å². The summed E-state index contributed by atoms with van der Waals surface area (Å²) in [5.74, 6) is 0.576. The maximum Gasteiger partial charge on any atom is 0.152 e. The molecule has 1 atom stereocenters. The van der Waals surface area contributed by atoms with E-state index in [1.807, 2.05) is 26.0 Å². The highest BCUT2D eigenvalue weighted by atomic mass is 16.1. The fraction of sp³-hybridized carbons (Fsp3) is 0.545. The lowest BCUT2D eigenvalue weighted by Gasteiger charge is -1.97. The van der Waals surface area contributed by atoms with Crippen molar-refractivity contribution in [2.75, 3.05) is 0 Å². The summed E-state index contributed by atoms with van der Waals surface area (Å²) in [5, 5.41) is 0. The van der Waals surface area contributed by atoms with Crippen LogP contribution in [-0.2, 0) is 4.79 Å². The summed E-state index contributed by atoms with van der Waals surface area (Å²) in [4.78, 5) is 10.4. The average molecular weight is 168 g/mol. The van der Waals surface area contributed by atoms with Crippen LogP contribution in [0.1, 0.15) is 34.1 Å². The number of hydrogen-bond acceptors (Lipinski definition) is 1. The van der Waals surface area contributed by atoms with Crippen molar-refractivity contribution in [2.45, 2.75) is 34.1 Å². The maximum absolute atomic E-state index is 10.4. The first-order valence-corrected chi connectivity index (χ1v) is 4.46. The molecule has 1 nitrogen and oxygen atoms in total. The van der Waals surface area contributed by atoms with Crippen molar-refractivity contribution in [1.29, 1.82) is 0 Å². The molecule has 0 fully saturated rings. The average Bonchev–Trinajstić information content (AvgIpc) is 2.07. The molecule has 0 aliphatic rings. The van der Waals surface area contributed by atoms with E-state index in [1.165, 1.54) is 0 Å². The number of carbonyl (C=O) groups is 1. The van der Waals surface area contributed by atoms with Gasteiger partial charge in [-0.1, -0.05) is 32.9 Å². The largest absolute Gasteiger partial charge is 0.295 e. The molecule has 0 heterocycles. The van der Waals surface area contributed by atoms with Gasteiger partial charge >= 0.3 is 0 Å². The van der Waals surface area contributed by atoms with E-state index in [0.29, 0.717) is 5.92 Å². The second kappa shape index (κ2) is 10.2. The third-order valence-electron chi connectivity index (χ3n) is 1.26. The van der Waals surface area contributed by atoms with Crippen molar-refractivity contribution >= 4 is 5.78 Å². The van der Waals surface area contributed by atoms with E-state index in [0.717, 1.165) is 6.42 Å². The van der Waals surface area contributed by atoms with E-state index >= 15 is 0 Å². The summed E-state index contributed by atoms with van der Waals surface area (Å²) >= 11 is 0. The maximum atomic E-state index is 10.4. The molecule has 0 aromatic heterocycles. The molecular weight excluding hydrogens is 148 g/mol. The Morgan fingerprint density at radius 1 is 1.50 bits per heavy atom. The van der Waals surface area contributed by atoms with Crippen molar-refractivity contribution in [3.8, 4) is 0 Å². The van der Waals surface area contributed by atoms with E-state index in [4.69, 9.17) is 0 Å². The van der Waals surface area contributed by atoms with Gasteiger partial charge in [-0.15, -0.1) is 6.58 Å². The van der Waals surface area contributed by atoms with Crippen LogP contribution >= 0.6 is 0 Å². The Bertz CT molecular complexity index is 145. The molecule has 0 aromatic rings. The van der Waals surface area contributed by atoms with Crippen LogP contribution in [0.3, 0.4) is 0 Å². The van der Waals surface area contributed by atoms with Gasteiger partial charge in [-0.2, -0.15) is 0 Å². The van der Waals surface area contributed by atoms with Gasteiger partial charge in [0.25, 0.3) is 0 Å². The zero-order valence-electron chi connectivity index (χ0n) is 8.63. The minimum atomic E-state index is 0.108. The van der Waals surface area contributed by atoms with Gasteiger partial charge in [0.1, 0.15) is 0 Å². The Labute approximate surface area is 76.2 Å². The Kier molecular flexibility index (Phi) is 11.6. The lowest BCUT2D eigenvalue weighted by Crippen LogP contribution is -1.86. The highest BCUT2D eigenvalue weighted by Crippen LogP contribution is 2.02. The first-order valence-electron chi connectivity index (χ1n) is 4.46. The van der Waals surface area contributed by atoms with Gasteiger partial charge in [0, 0.05) is 0 Å². The highest BCUT2D eigenvalue weighted by Gasteiger charge is 1.90. The minimum Gasteiger partial charge on any atom is -0.295 e. The molecule has 0 aliphatic carbocycles. The lowest BCUT2D eigenvalue weighted by molar-refractivity contribution is -0.112. The summed E-state index contributed by atoms with van der Waals surface area (Å²) < 4.78 is 0. The van der Waals surface area contributed by atoms with Gasteiger partial charge < -0.3 is 0 Å². The number of hydrogen-bond donors (Lipinski definition) is 0. The van der Waals surface area contributed by atoms with Gasteiger partial charge in [-0.25, -0.2) is 0 Å². The molecule has 1 heteroatoms. The highest BCUT2D eigenvalue weighted by molar-refractivity contribution is 5.87. The molecule has 12 heavy (non-hydrogen) atoms. The van der Waals surface area contributed by atoms with Crippen LogP contribution in [0.5, 0.6) is 0 Å². The van der Waals surface area contributed by atoms with Crippen LogP contribution in [0.4, 0.5) is 0 Å². The zero-order chi connectivity index (χ0) is 9.98. The molecule has 0 aromatic carbocycles. The summed E-state index contributed by atoms with van der Waals surface area (Å²) in [6.07, 6.45) is 6.27. The first kappa shape index (κ1) is 13.7. The number of rotatable bonds is 4. The normalized spacial score (nSPS) is 11.7. The van der Waals surface area contributed by atoms with Crippen molar-refractivity contribution in [3.63, 3.8) is 0 Å². The molecule has 0 bridgehead atoms. The molecule has 0 saturated heterocycles. The molecule has 1 unspecified atom stereocenters. The predicted octanol–water partition coefficient (Wildman–Crippen LogP) is 3.37. The molecule has 0 N–H and O–H groups in total. The number of carbonyl (C=O) groups excluding carboxylic acids is 1. The van der Waals surface area contributed by atoms with Crippen LogP contribution < -0.4 is 0 Å². The molecule has 0 radical (unpaired) electrons. The molecule has 0 aliphatic heterocycles. The van der Waals surface area contributed by atoms with E-state index in [9.17, 15) is 4.79 Å². The van der Waals surface area contributed by atoms with Crippen LogP contribution in [0.25, 0.3) is 0 Å². The Hall–Kier alpha value is -0.850. The second-order valence-corrected chi connectivity index (χ2v) is 2.46. The standard InChI is InChI=1S/C9H14O.C2H6/c1-4-8(2)6-5-7-9(3)10;1-2/h4-5,7-8H,1,6H2,2-3H3;1-2H3/b7-5-;. The third kappa shape index (κ3) is 11.9. The molecule has 0 amide bonds. The van der Waals surface area contributed by atoms with E-state index in [2.05, 4.69) is 13.5 Å². The molecule has 70 valence electrons. The van der Waals surface area contributed by atoms with Gasteiger partial charge in [0.2, 0.25) is 0 Å². The quantitative estimate of drug-likeness (QED) is 0.464. The van der Waals surface area contributed by atoms with Crippen LogP contribution in [0.15, 0.2) is 24.8 Å². The van der Waals surface area contributed by atoms with Crippen LogP contribution in [0.2, 0.25) is 0 Å². The van der Waals surface area contributed by atoms with E-state index in [-0.39, 0.29) is 5.78 Å². The Balaban J connectivity index is 0. The number of allylic oxidation sites excluding steroid dienone is 3. The van der Waals surface area contributed by atoms with E-state index < -0.39 is 0 Å². The summed E-state index contributed by atoms with van der Waals surface area (Å²) in [5.41, 5.74) is 0. The van der Waals surface area contributed by atoms with Gasteiger partial charge in [-0.3, -0.25) is 4.79 Å². The fourth-order valence-corrected chi connectivity index (χ4v) is 0.545. The van der Waals surface area contributed by atoms with Crippen molar-refractivity contribution in [2.24, 2.45) is 5.92 Å². The monoisotopic (exact) mass is 168 g/mol. The number of ketones is 1. The third-order valence-corrected chi connectivity index (χ3v) is 1.26. The molecule has 0 rings (SSSR count). The predicted molar refractivity (Wildman–Crippen MR) is 55.1 cm³/mol. The summed E-state index contributed by atoms with van der Waals surface area (Å²) in [6.45, 7) is 11.3. The SMILES string of the molecule is C=CC(C)C/C=C\C(C)=O.CC. The summed E-state index contributed by atoms with van der Waals surface area (Å²) in [6, 6.07) is 0. The molecule has 0 saturated carbocycles. The van der Waals surface area contributed by atoms with Crippen molar-refractivity contribution in [3.05, 3.63) is 24.8 Å².